The summed E-state index contributed by atoms with van der Waals surface area (Å²) in [6, 6.07) is 17.2. The van der Waals surface area contributed by atoms with Crippen molar-refractivity contribution < 1.29 is 27.8 Å². The molecule has 0 amide bonds. The van der Waals surface area contributed by atoms with Crippen molar-refractivity contribution in [1.29, 1.82) is 0 Å². The third-order valence-corrected chi connectivity index (χ3v) is 9.24. The molecular weight excluding hydrogens is 557 g/mol. The maximum atomic E-state index is 13.9. The van der Waals surface area contributed by atoms with Crippen molar-refractivity contribution in [3.63, 3.8) is 0 Å². The summed E-state index contributed by atoms with van der Waals surface area (Å²) < 4.78 is 42.1. The van der Waals surface area contributed by atoms with E-state index in [4.69, 9.17) is 5.11 Å². The van der Waals surface area contributed by atoms with Crippen molar-refractivity contribution >= 4 is 16.0 Å². The smallest absolute Gasteiger partial charge is 0.303 e. The van der Waals surface area contributed by atoms with Gasteiger partial charge in [-0.1, -0.05) is 37.3 Å². The first-order chi connectivity index (χ1) is 19.8. The van der Waals surface area contributed by atoms with Crippen LogP contribution in [-0.4, -0.2) is 65.7 Å². The number of carbonyl (C=O) groups is 1. The van der Waals surface area contributed by atoms with Gasteiger partial charge in [-0.05, 0) is 81.0 Å². The molecule has 0 radical (unpaired) electrons. The number of hydrogen-bond acceptors (Lipinski definition) is 6. The molecule has 8 nitrogen and oxygen atoms in total. The lowest BCUT2D eigenvalue weighted by molar-refractivity contribution is -0.136. The van der Waals surface area contributed by atoms with Crippen LogP contribution in [0, 0.1) is 5.82 Å². The molecule has 0 saturated carbocycles. The van der Waals surface area contributed by atoms with Gasteiger partial charge in [-0.3, -0.25) is 9.78 Å². The van der Waals surface area contributed by atoms with E-state index >= 15 is 0 Å². The van der Waals surface area contributed by atoms with Gasteiger partial charge in [-0.15, -0.1) is 0 Å². The normalized spacial score (nSPS) is 12.9. The van der Waals surface area contributed by atoms with Gasteiger partial charge in [0.25, 0.3) is 0 Å². The molecule has 3 aromatic rings. The van der Waals surface area contributed by atoms with Gasteiger partial charge in [0.2, 0.25) is 10.0 Å². The first-order valence-corrected chi connectivity index (χ1v) is 15.7. The van der Waals surface area contributed by atoms with Gasteiger partial charge >= 0.3 is 5.97 Å². The van der Waals surface area contributed by atoms with E-state index in [1.807, 2.05) is 39.0 Å². The van der Waals surface area contributed by atoms with Gasteiger partial charge in [0, 0.05) is 43.4 Å². The van der Waals surface area contributed by atoms with Crippen molar-refractivity contribution in [3.8, 4) is 11.3 Å². The molecule has 0 saturated heterocycles. The number of aliphatic hydroxyl groups excluding tert-OH is 1. The molecule has 1 aromatic heterocycles. The molecule has 1 heterocycles. The zero-order valence-electron chi connectivity index (χ0n) is 24.8. The average Bonchev–Trinajstić information content (AvgIpc) is 2.95. The van der Waals surface area contributed by atoms with E-state index in [0.717, 1.165) is 18.4 Å². The van der Waals surface area contributed by atoms with Crippen LogP contribution in [0.25, 0.3) is 11.3 Å². The molecule has 42 heavy (non-hydrogen) atoms. The zero-order chi connectivity index (χ0) is 30.9. The number of nitrogens with one attached hydrogen (secondary N) is 1. The Morgan fingerprint density at radius 2 is 1.81 bits per heavy atom. The predicted molar refractivity (Wildman–Crippen MR) is 162 cm³/mol. The van der Waals surface area contributed by atoms with E-state index in [1.165, 1.54) is 17.4 Å². The number of aliphatic carboxylic acids is 1. The Bertz CT molecular complexity index is 1460. The van der Waals surface area contributed by atoms with Crippen LogP contribution in [0.15, 0.2) is 65.6 Å². The van der Waals surface area contributed by atoms with Crippen LogP contribution < -0.4 is 5.32 Å². The molecule has 0 aliphatic carbocycles. The van der Waals surface area contributed by atoms with E-state index in [0.29, 0.717) is 41.8 Å². The number of aryl methyl sites for hydroxylation is 3. The minimum absolute atomic E-state index is 0.0193. The summed E-state index contributed by atoms with van der Waals surface area (Å²) in [5, 5.41) is 23.0. The van der Waals surface area contributed by atoms with Gasteiger partial charge in [-0.25, -0.2) is 12.8 Å². The molecule has 0 aliphatic heterocycles. The van der Waals surface area contributed by atoms with Crippen molar-refractivity contribution in [2.45, 2.75) is 75.8 Å². The van der Waals surface area contributed by atoms with Crippen LogP contribution in [0.4, 0.5) is 4.39 Å². The van der Waals surface area contributed by atoms with Gasteiger partial charge in [-0.2, -0.15) is 4.31 Å². The Hall–Kier alpha value is -3.18. The number of halogens is 1. The van der Waals surface area contributed by atoms with Crippen LogP contribution >= 0.6 is 0 Å². The fraction of sp³-hybridized carbons (Fsp3) is 0.438. The maximum Gasteiger partial charge on any atom is 0.303 e. The molecule has 1 unspecified atom stereocenters. The molecule has 3 N–H and O–H groups in total. The number of pyridine rings is 1. The minimum atomic E-state index is -3.88. The van der Waals surface area contributed by atoms with E-state index in [9.17, 15) is 22.7 Å². The number of sulfonamides is 1. The van der Waals surface area contributed by atoms with Gasteiger partial charge in [0.05, 0.1) is 23.1 Å². The first kappa shape index (κ1) is 33.3. The molecule has 0 spiro atoms. The number of carboxylic acid groups (broad SMARTS) is 1. The van der Waals surface area contributed by atoms with Crippen LogP contribution in [0.1, 0.15) is 56.9 Å². The maximum absolute atomic E-state index is 13.9. The lowest BCUT2D eigenvalue weighted by Gasteiger charge is -2.29. The summed E-state index contributed by atoms with van der Waals surface area (Å²) >= 11 is 0. The molecule has 3 rings (SSSR count). The lowest BCUT2D eigenvalue weighted by Crippen LogP contribution is -2.46. The Balaban J connectivity index is 1.61. The number of benzene rings is 2. The number of aliphatic hydroxyl groups is 1. The zero-order valence-corrected chi connectivity index (χ0v) is 25.6. The molecule has 2 aromatic carbocycles. The lowest BCUT2D eigenvalue weighted by atomic mass is 9.95. The van der Waals surface area contributed by atoms with Crippen LogP contribution in [0.5, 0.6) is 0 Å². The Labute approximate surface area is 248 Å². The van der Waals surface area contributed by atoms with Crippen molar-refractivity contribution in [1.82, 2.24) is 14.6 Å². The third kappa shape index (κ3) is 9.42. The highest BCUT2D eigenvalue weighted by Crippen LogP contribution is 2.27. The second-order valence-electron chi connectivity index (χ2n) is 11.2. The number of hydrogen-bond donors (Lipinski definition) is 3. The van der Waals surface area contributed by atoms with Crippen LogP contribution in [-0.2, 0) is 34.1 Å². The number of carboxylic acids is 1. The highest BCUT2D eigenvalue weighted by molar-refractivity contribution is 7.89. The Kier molecular flexibility index (Phi) is 11.8. The predicted octanol–water partition coefficient (Wildman–Crippen LogP) is 4.84. The standard InChI is InChI=1S/C32H42FN3O5S/c1-5-23-20-25(29-14-8-12-26(35-29)16-18-31(38)39)15-17-30(23)42(40,41)36(4)22-27(37)21-34-32(2,3)19-9-11-24-10-6-7-13-28(24)33/h6-8,10,12-15,17,20,27,34,37H,5,9,11,16,18-19,21-22H2,1-4H3,(H,38,39). The quantitative estimate of drug-likeness (QED) is 0.216. The summed E-state index contributed by atoms with van der Waals surface area (Å²) in [7, 11) is -2.42. The number of nitrogens with zero attached hydrogens (tertiary/aromatic N) is 2. The highest BCUT2D eigenvalue weighted by Gasteiger charge is 2.27. The van der Waals surface area contributed by atoms with Gasteiger partial charge < -0.3 is 15.5 Å². The van der Waals surface area contributed by atoms with E-state index in [2.05, 4.69) is 10.3 Å². The van der Waals surface area contributed by atoms with Crippen LogP contribution in [0.3, 0.4) is 0 Å². The minimum Gasteiger partial charge on any atom is -0.481 e. The molecule has 0 bridgehead atoms. The summed E-state index contributed by atoms with van der Waals surface area (Å²) in [6.45, 7) is 6.01. The Morgan fingerprint density at radius 3 is 2.50 bits per heavy atom. The Morgan fingerprint density at radius 1 is 1.07 bits per heavy atom. The first-order valence-electron chi connectivity index (χ1n) is 14.3. The molecular formula is C32H42FN3O5S. The fourth-order valence-corrected chi connectivity index (χ4v) is 6.29. The monoisotopic (exact) mass is 599 g/mol. The number of aromatic nitrogens is 1. The molecule has 0 aliphatic rings. The second-order valence-corrected chi connectivity index (χ2v) is 13.2. The van der Waals surface area contributed by atoms with E-state index < -0.39 is 22.1 Å². The summed E-state index contributed by atoms with van der Waals surface area (Å²) in [6.07, 6.45) is 1.97. The third-order valence-electron chi connectivity index (χ3n) is 7.32. The topological polar surface area (TPSA) is 120 Å². The number of rotatable bonds is 16. The second kappa shape index (κ2) is 14.8. The molecule has 0 fully saturated rings. The van der Waals surface area contributed by atoms with E-state index in [1.54, 1.807) is 36.4 Å². The van der Waals surface area contributed by atoms with Crippen molar-refractivity contribution in [2.75, 3.05) is 20.1 Å². The number of β-amino-alcohol motifs (C(OH)–C–C–N with tert-alkyl or cyclic N) is 1. The van der Waals surface area contributed by atoms with Crippen LogP contribution in [0.2, 0.25) is 0 Å². The summed E-state index contributed by atoms with van der Waals surface area (Å²) in [4.78, 5) is 15.6. The fourth-order valence-electron chi connectivity index (χ4n) is 4.81. The molecule has 10 heteroatoms. The summed E-state index contributed by atoms with van der Waals surface area (Å²) in [5.41, 5.74) is 3.02. The van der Waals surface area contributed by atoms with Gasteiger partial charge in [0.1, 0.15) is 5.82 Å². The van der Waals surface area contributed by atoms with Crippen molar-refractivity contribution in [3.05, 3.63) is 83.3 Å². The average molecular weight is 600 g/mol. The summed E-state index contributed by atoms with van der Waals surface area (Å²) in [5.74, 6) is -1.10. The molecule has 1 atom stereocenters. The van der Waals surface area contributed by atoms with Crippen molar-refractivity contribution in [2.24, 2.45) is 0 Å². The van der Waals surface area contributed by atoms with Gasteiger partial charge in [0.15, 0.2) is 0 Å². The number of likely N-dealkylation sites (N-methyl/N-ethyl adjacent to an activating group) is 1. The largest absolute Gasteiger partial charge is 0.481 e. The van der Waals surface area contributed by atoms with E-state index in [-0.39, 0.29) is 35.8 Å². The highest BCUT2D eigenvalue weighted by atomic mass is 32.2. The molecule has 228 valence electrons. The SMILES string of the molecule is CCc1cc(-c2cccc(CCC(=O)O)n2)ccc1S(=O)(=O)N(C)CC(O)CNC(C)(C)CCCc1ccccc1F.